The molecule has 102 valence electrons. The molecule has 0 aromatic heterocycles. The fourth-order valence-electron chi connectivity index (χ4n) is 2.55. The number of hydrogen-bond donors (Lipinski definition) is 1. The van der Waals surface area contributed by atoms with Gasteiger partial charge in [0.2, 0.25) is 0 Å². The molecule has 2 rings (SSSR count). The lowest BCUT2D eigenvalue weighted by molar-refractivity contribution is 0.185. The Kier molecular flexibility index (Phi) is 4.56. The summed E-state index contributed by atoms with van der Waals surface area (Å²) in [4.78, 5) is 2.38. The number of hydrogen-bond acceptors (Lipinski definition) is 2. The van der Waals surface area contributed by atoms with Crippen molar-refractivity contribution < 1.29 is 0 Å². The molecule has 2 heteroatoms. The number of likely N-dealkylation sites (N-methyl/N-ethyl adjacent to an activating group) is 1. The molecular weight excluding hydrogens is 232 g/mol. The molecule has 0 amide bonds. The summed E-state index contributed by atoms with van der Waals surface area (Å²) in [6.07, 6.45) is 1.14. The standard InChI is InChI=1S/C17H24N2/c1-4-13(2)19(3)17(12-18)16-10-9-14-7-5-6-8-15(14)11-16/h5-11,13,17H,4,12,18H2,1-3H3. The molecule has 2 nitrogen and oxygen atoms in total. The van der Waals surface area contributed by atoms with Gasteiger partial charge in [-0.1, -0.05) is 43.3 Å². The molecule has 2 N–H and O–H groups in total. The third-order valence-corrected chi connectivity index (χ3v) is 4.16. The predicted octanol–water partition coefficient (Wildman–Crippen LogP) is 3.57. The lowest BCUT2D eigenvalue weighted by atomic mass is 10.00. The molecule has 2 unspecified atom stereocenters. The summed E-state index contributed by atoms with van der Waals surface area (Å²) in [5.74, 6) is 0. The first kappa shape index (κ1) is 14.0. The van der Waals surface area contributed by atoms with E-state index < -0.39 is 0 Å². The average molecular weight is 256 g/mol. The molecule has 2 aromatic rings. The van der Waals surface area contributed by atoms with Crippen molar-refractivity contribution in [1.82, 2.24) is 4.90 Å². The normalized spacial score (nSPS) is 14.8. The molecular formula is C17H24N2. The molecule has 2 aromatic carbocycles. The topological polar surface area (TPSA) is 29.3 Å². The zero-order chi connectivity index (χ0) is 13.8. The average Bonchev–Trinajstić information content (AvgIpc) is 2.46. The van der Waals surface area contributed by atoms with E-state index in [-0.39, 0.29) is 0 Å². The second-order valence-electron chi connectivity index (χ2n) is 5.28. The Hall–Kier alpha value is -1.38. The van der Waals surface area contributed by atoms with Crippen molar-refractivity contribution in [1.29, 1.82) is 0 Å². The van der Waals surface area contributed by atoms with E-state index in [9.17, 15) is 0 Å². The molecule has 0 aliphatic carbocycles. The van der Waals surface area contributed by atoms with Gasteiger partial charge in [-0.2, -0.15) is 0 Å². The summed E-state index contributed by atoms with van der Waals surface area (Å²) in [6.45, 7) is 5.12. The van der Waals surface area contributed by atoms with Crippen LogP contribution in [0.1, 0.15) is 31.9 Å². The van der Waals surface area contributed by atoms with E-state index in [1.54, 1.807) is 0 Å². The highest BCUT2D eigenvalue weighted by Gasteiger charge is 2.19. The van der Waals surface area contributed by atoms with E-state index in [4.69, 9.17) is 5.73 Å². The quantitative estimate of drug-likeness (QED) is 0.886. The van der Waals surface area contributed by atoms with Crippen LogP contribution in [0.25, 0.3) is 10.8 Å². The fraction of sp³-hybridized carbons (Fsp3) is 0.412. The van der Waals surface area contributed by atoms with Crippen molar-refractivity contribution in [3.8, 4) is 0 Å². The van der Waals surface area contributed by atoms with Gasteiger partial charge in [0.15, 0.2) is 0 Å². The highest BCUT2D eigenvalue weighted by atomic mass is 15.2. The fourth-order valence-corrected chi connectivity index (χ4v) is 2.55. The van der Waals surface area contributed by atoms with Crippen LogP contribution in [0.2, 0.25) is 0 Å². The van der Waals surface area contributed by atoms with Crippen molar-refractivity contribution >= 4 is 10.8 Å². The summed E-state index contributed by atoms with van der Waals surface area (Å²) in [6, 6.07) is 16.0. The molecule has 0 radical (unpaired) electrons. The number of fused-ring (bicyclic) bond motifs is 1. The van der Waals surface area contributed by atoms with Gasteiger partial charge in [-0.05, 0) is 42.8 Å². The van der Waals surface area contributed by atoms with Crippen molar-refractivity contribution in [3.05, 3.63) is 48.0 Å². The zero-order valence-electron chi connectivity index (χ0n) is 12.1. The maximum Gasteiger partial charge on any atom is 0.0470 e. The Morgan fingerprint density at radius 2 is 1.79 bits per heavy atom. The van der Waals surface area contributed by atoms with Gasteiger partial charge in [0.25, 0.3) is 0 Å². The van der Waals surface area contributed by atoms with Crippen LogP contribution in [0.15, 0.2) is 42.5 Å². The van der Waals surface area contributed by atoms with Crippen molar-refractivity contribution in [2.75, 3.05) is 13.6 Å². The van der Waals surface area contributed by atoms with Crippen LogP contribution < -0.4 is 5.73 Å². The first-order valence-electron chi connectivity index (χ1n) is 7.08. The first-order chi connectivity index (χ1) is 9.17. The molecule has 0 fully saturated rings. The van der Waals surface area contributed by atoms with Crippen LogP contribution in [0.5, 0.6) is 0 Å². The Morgan fingerprint density at radius 1 is 1.11 bits per heavy atom. The minimum Gasteiger partial charge on any atom is -0.329 e. The first-order valence-corrected chi connectivity index (χ1v) is 7.08. The molecule has 0 spiro atoms. The highest BCUT2D eigenvalue weighted by molar-refractivity contribution is 5.83. The third-order valence-electron chi connectivity index (χ3n) is 4.16. The van der Waals surface area contributed by atoms with Gasteiger partial charge in [-0.25, -0.2) is 0 Å². The number of nitrogens with zero attached hydrogens (tertiary/aromatic N) is 1. The van der Waals surface area contributed by atoms with Gasteiger partial charge >= 0.3 is 0 Å². The van der Waals surface area contributed by atoms with Crippen LogP contribution in [-0.4, -0.2) is 24.5 Å². The van der Waals surface area contributed by atoms with Crippen LogP contribution in [0, 0.1) is 0 Å². The van der Waals surface area contributed by atoms with E-state index in [0.29, 0.717) is 18.6 Å². The maximum atomic E-state index is 6.00. The Bertz CT molecular complexity index is 536. The van der Waals surface area contributed by atoms with Crippen LogP contribution in [0.4, 0.5) is 0 Å². The molecule has 0 saturated carbocycles. The second-order valence-corrected chi connectivity index (χ2v) is 5.28. The molecule has 19 heavy (non-hydrogen) atoms. The van der Waals surface area contributed by atoms with Crippen molar-refractivity contribution in [2.45, 2.75) is 32.4 Å². The Balaban J connectivity index is 2.35. The van der Waals surface area contributed by atoms with Crippen molar-refractivity contribution in [2.24, 2.45) is 5.73 Å². The van der Waals surface area contributed by atoms with Gasteiger partial charge in [0, 0.05) is 18.6 Å². The predicted molar refractivity (Wildman–Crippen MR) is 83.3 cm³/mol. The maximum absolute atomic E-state index is 6.00. The molecule has 0 heterocycles. The van der Waals surface area contributed by atoms with Crippen LogP contribution in [0.3, 0.4) is 0 Å². The van der Waals surface area contributed by atoms with E-state index in [1.807, 2.05) is 0 Å². The van der Waals surface area contributed by atoms with Gasteiger partial charge in [0.05, 0.1) is 0 Å². The van der Waals surface area contributed by atoms with Gasteiger partial charge in [-0.3, -0.25) is 4.90 Å². The van der Waals surface area contributed by atoms with Crippen LogP contribution in [-0.2, 0) is 0 Å². The third kappa shape index (κ3) is 2.96. The van der Waals surface area contributed by atoms with E-state index in [2.05, 4.69) is 68.3 Å². The number of benzene rings is 2. The minimum absolute atomic E-state index is 0.291. The summed E-state index contributed by atoms with van der Waals surface area (Å²) in [5, 5.41) is 2.57. The summed E-state index contributed by atoms with van der Waals surface area (Å²) < 4.78 is 0. The second kappa shape index (κ2) is 6.18. The minimum atomic E-state index is 0.291. The molecule has 0 saturated heterocycles. The Labute approximate surface area is 116 Å². The van der Waals surface area contributed by atoms with E-state index >= 15 is 0 Å². The summed E-state index contributed by atoms with van der Waals surface area (Å²) in [7, 11) is 2.17. The molecule has 0 bridgehead atoms. The van der Waals surface area contributed by atoms with Gasteiger partial charge in [0.1, 0.15) is 0 Å². The molecule has 0 aliphatic heterocycles. The van der Waals surface area contributed by atoms with Gasteiger partial charge < -0.3 is 5.73 Å². The number of nitrogens with two attached hydrogens (primary N) is 1. The number of rotatable bonds is 5. The van der Waals surface area contributed by atoms with Crippen molar-refractivity contribution in [3.63, 3.8) is 0 Å². The lowest BCUT2D eigenvalue weighted by Gasteiger charge is -2.32. The highest BCUT2D eigenvalue weighted by Crippen LogP contribution is 2.25. The molecule has 2 atom stereocenters. The Morgan fingerprint density at radius 3 is 2.42 bits per heavy atom. The monoisotopic (exact) mass is 256 g/mol. The van der Waals surface area contributed by atoms with E-state index in [1.165, 1.54) is 16.3 Å². The molecule has 0 aliphatic rings. The van der Waals surface area contributed by atoms with Gasteiger partial charge in [-0.15, -0.1) is 0 Å². The van der Waals surface area contributed by atoms with E-state index in [0.717, 1.165) is 6.42 Å². The largest absolute Gasteiger partial charge is 0.329 e. The zero-order valence-corrected chi connectivity index (χ0v) is 12.1. The smallest absolute Gasteiger partial charge is 0.0470 e. The lowest BCUT2D eigenvalue weighted by Crippen LogP contribution is -2.36. The van der Waals surface area contributed by atoms with Crippen LogP contribution >= 0.6 is 0 Å². The SMILES string of the molecule is CCC(C)N(C)C(CN)c1ccc2ccccc2c1. The summed E-state index contributed by atoms with van der Waals surface area (Å²) in [5.41, 5.74) is 7.31. The summed E-state index contributed by atoms with van der Waals surface area (Å²) >= 11 is 0.